The fraction of sp³-hybridized carbons (Fsp3) is 0.333. The summed E-state index contributed by atoms with van der Waals surface area (Å²) in [5, 5.41) is 6.36. The van der Waals surface area contributed by atoms with Crippen molar-refractivity contribution in [3.05, 3.63) is 71.6 Å². The molecular formula is C24H27N5O2S. The van der Waals surface area contributed by atoms with Crippen molar-refractivity contribution in [3.8, 4) is 10.4 Å². The third-order valence-electron chi connectivity index (χ3n) is 5.69. The van der Waals surface area contributed by atoms with Crippen LogP contribution < -0.4 is 0 Å². The average Bonchev–Trinajstić information content (AvgIpc) is 3.41. The second-order valence-electron chi connectivity index (χ2n) is 7.92. The van der Waals surface area contributed by atoms with Gasteiger partial charge in [-0.3, -0.25) is 9.59 Å². The first-order valence-corrected chi connectivity index (χ1v) is 11.5. The minimum atomic E-state index is -0.547. The largest absolute Gasteiger partial charge is 0.335 e. The smallest absolute Gasteiger partial charge is 0.246 e. The maximum atomic E-state index is 13.3. The highest BCUT2D eigenvalue weighted by molar-refractivity contribution is 7.13. The number of piperazine rings is 1. The number of amides is 2. The van der Waals surface area contributed by atoms with E-state index in [1.807, 2.05) is 25.1 Å². The van der Waals surface area contributed by atoms with Crippen molar-refractivity contribution in [2.75, 3.05) is 19.6 Å². The molecular weight excluding hydrogens is 422 g/mol. The Morgan fingerprint density at radius 2 is 2.00 bits per heavy atom. The Morgan fingerprint density at radius 1 is 1.22 bits per heavy atom. The van der Waals surface area contributed by atoms with Crippen molar-refractivity contribution in [1.82, 2.24) is 24.6 Å². The topological polar surface area (TPSA) is 71.3 Å². The Labute approximate surface area is 192 Å². The van der Waals surface area contributed by atoms with Gasteiger partial charge in [-0.25, -0.2) is 9.67 Å². The lowest BCUT2D eigenvalue weighted by Gasteiger charge is -2.40. The number of nitrogens with zero attached hydrogens (tertiary/aromatic N) is 5. The van der Waals surface area contributed by atoms with Gasteiger partial charge in [0.15, 0.2) is 0 Å². The van der Waals surface area contributed by atoms with Gasteiger partial charge in [0.2, 0.25) is 11.8 Å². The van der Waals surface area contributed by atoms with E-state index in [2.05, 4.69) is 40.2 Å². The van der Waals surface area contributed by atoms with Crippen molar-refractivity contribution in [2.45, 2.75) is 32.9 Å². The molecule has 1 aromatic carbocycles. The summed E-state index contributed by atoms with van der Waals surface area (Å²) in [5.74, 6) is 1.15. The lowest BCUT2D eigenvalue weighted by Crippen LogP contribution is -2.60. The zero-order valence-corrected chi connectivity index (χ0v) is 19.2. The van der Waals surface area contributed by atoms with Crippen LogP contribution in [0.3, 0.4) is 0 Å². The minimum absolute atomic E-state index is 0.0432. The first-order chi connectivity index (χ1) is 15.5. The Morgan fingerprint density at radius 3 is 2.62 bits per heavy atom. The molecule has 0 aliphatic carbocycles. The van der Waals surface area contributed by atoms with Crippen LogP contribution in [0.5, 0.6) is 0 Å². The number of hydrogen-bond donors (Lipinski definition) is 0. The third kappa shape index (κ3) is 4.65. The molecule has 3 aromatic rings. The maximum Gasteiger partial charge on any atom is 0.246 e. The molecule has 2 amide bonds. The van der Waals surface area contributed by atoms with Crippen LogP contribution in [0.15, 0.2) is 54.4 Å². The van der Waals surface area contributed by atoms with Crippen LogP contribution in [0, 0.1) is 13.8 Å². The Kier molecular flexibility index (Phi) is 6.50. The number of aryl methyl sites for hydroxylation is 2. The lowest BCUT2D eigenvalue weighted by molar-refractivity contribution is -0.151. The monoisotopic (exact) mass is 449 g/mol. The van der Waals surface area contributed by atoms with Crippen LogP contribution >= 0.6 is 11.3 Å². The quantitative estimate of drug-likeness (QED) is 0.520. The highest BCUT2D eigenvalue weighted by atomic mass is 32.1. The summed E-state index contributed by atoms with van der Waals surface area (Å²) in [6.45, 7) is 8.94. The first-order valence-electron chi connectivity index (χ1n) is 10.7. The fourth-order valence-corrected chi connectivity index (χ4v) is 4.81. The Bertz CT molecular complexity index is 1100. The minimum Gasteiger partial charge on any atom is -0.335 e. The summed E-state index contributed by atoms with van der Waals surface area (Å²) in [7, 11) is 0. The molecule has 0 spiro atoms. The first kappa shape index (κ1) is 22.0. The number of benzene rings is 1. The van der Waals surface area contributed by atoms with E-state index in [-0.39, 0.29) is 18.4 Å². The summed E-state index contributed by atoms with van der Waals surface area (Å²) in [5.41, 5.74) is 2.17. The van der Waals surface area contributed by atoms with E-state index >= 15 is 0 Å². The SMILES string of the molecule is C=CCN1CCN(C(=O)Cn2nc(C)nc2C)[C@H](Cc2ccc(-c3cccs3)cc2)C1=O. The predicted molar refractivity (Wildman–Crippen MR) is 125 cm³/mol. The molecule has 1 aliphatic rings. The number of carbonyl (C=O) groups is 2. The second-order valence-corrected chi connectivity index (χ2v) is 8.87. The second kappa shape index (κ2) is 9.48. The molecule has 0 radical (unpaired) electrons. The van der Waals surface area contributed by atoms with Crippen LogP contribution in [-0.4, -0.2) is 62.1 Å². The standard InChI is InChI=1S/C24H27N5O2S/c1-4-11-27-12-13-28(23(30)16-29-18(3)25-17(2)26-29)21(24(27)31)15-19-7-9-20(10-8-19)22-6-5-14-32-22/h4-10,14,21H,1,11-13,15-16H2,2-3H3/t21-/m1/s1. The molecule has 3 heterocycles. The van der Waals surface area contributed by atoms with Crippen LogP contribution in [-0.2, 0) is 22.6 Å². The lowest BCUT2D eigenvalue weighted by atomic mass is 9.99. The van der Waals surface area contributed by atoms with Gasteiger partial charge < -0.3 is 9.80 Å². The fourth-order valence-electron chi connectivity index (χ4n) is 4.07. The van der Waals surface area contributed by atoms with E-state index in [4.69, 9.17) is 0 Å². The van der Waals surface area contributed by atoms with E-state index in [1.54, 1.807) is 38.8 Å². The molecule has 4 rings (SSSR count). The summed E-state index contributed by atoms with van der Waals surface area (Å²) >= 11 is 1.70. The molecule has 7 nitrogen and oxygen atoms in total. The molecule has 1 aliphatic heterocycles. The van der Waals surface area contributed by atoms with Gasteiger partial charge in [-0.2, -0.15) is 5.10 Å². The predicted octanol–water partition coefficient (Wildman–Crippen LogP) is 3.09. The van der Waals surface area contributed by atoms with Crippen molar-refractivity contribution in [1.29, 1.82) is 0 Å². The number of rotatable bonds is 7. The summed E-state index contributed by atoms with van der Waals surface area (Å²) < 4.78 is 1.60. The van der Waals surface area contributed by atoms with E-state index in [0.29, 0.717) is 37.7 Å². The van der Waals surface area contributed by atoms with Crippen molar-refractivity contribution >= 4 is 23.2 Å². The summed E-state index contributed by atoms with van der Waals surface area (Å²) in [4.78, 5) is 35.4. The molecule has 32 heavy (non-hydrogen) atoms. The van der Waals surface area contributed by atoms with Crippen LogP contribution in [0.4, 0.5) is 0 Å². The normalized spacial score (nSPS) is 16.4. The third-order valence-corrected chi connectivity index (χ3v) is 6.61. The average molecular weight is 450 g/mol. The van der Waals surface area contributed by atoms with E-state index in [0.717, 1.165) is 11.1 Å². The van der Waals surface area contributed by atoms with Crippen LogP contribution in [0.2, 0.25) is 0 Å². The molecule has 166 valence electrons. The Hall–Kier alpha value is -3.26. The number of aromatic nitrogens is 3. The molecule has 0 unspecified atom stereocenters. The number of hydrogen-bond acceptors (Lipinski definition) is 5. The maximum absolute atomic E-state index is 13.3. The Balaban J connectivity index is 1.55. The highest BCUT2D eigenvalue weighted by Gasteiger charge is 2.37. The van der Waals surface area contributed by atoms with Gasteiger partial charge in [-0.05, 0) is 36.4 Å². The zero-order chi connectivity index (χ0) is 22.7. The summed E-state index contributed by atoms with van der Waals surface area (Å²) in [6, 6.07) is 11.8. The van der Waals surface area contributed by atoms with Crippen molar-refractivity contribution < 1.29 is 9.59 Å². The zero-order valence-electron chi connectivity index (χ0n) is 18.4. The van der Waals surface area contributed by atoms with Gasteiger partial charge in [-0.15, -0.1) is 17.9 Å². The van der Waals surface area contributed by atoms with E-state index in [1.165, 1.54) is 4.88 Å². The molecule has 1 saturated heterocycles. The van der Waals surface area contributed by atoms with Gasteiger partial charge in [0.1, 0.15) is 24.2 Å². The van der Waals surface area contributed by atoms with E-state index < -0.39 is 6.04 Å². The van der Waals surface area contributed by atoms with E-state index in [9.17, 15) is 9.59 Å². The molecule has 1 atom stereocenters. The molecule has 0 saturated carbocycles. The van der Waals surface area contributed by atoms with Gasteiger partial charge in [0, 0.05) is 30.9 Å². The van der Waals surface area contributed by atoms with Gasteiger partial charge in [0.25, 0.3) is 0 Å². The van der Waals surface area contributed by atoms with Crippen molar-refractivity contribution in [2.24, 2.45) is 0 Å². The van der Waals surface area contributed by atoms with Gasteiger partial charge >= 0.3 is 0 Å². The molecule has 2 aromatic heterocycles. The van der Waals surface area contributed by atoms with Crippen LogP contribution in [0.1, 0.15) is 17.2 Å². The van der Waals surface area contributed by atoms with Crippen LogP contribution in [0.25, 0.3) is 10.4 Å². The molecule has 0 N–H and O–H groups in total. The number of carbonyl (C=O) groups excluding carboxylic acids is 2. The molecule has 0 bridgehead atoms. The van der Waals surface area contributed by atoms with Gasteiger partial charge in [0.05, 0.1) is 0 Å². The molecule has 8 heteroatoms. The summed E-state index contributed by atoms with van der Waals surface area (Å²) in [6.07, 6.45) is 2.20. The highest BCUT2D eigenvalue weighted by Crippen LogP contribution is 2.26. The number of thiophene rings is 1. The molecule has 1 fully saturated rings. The van der Waals surface area contributed by atoms with Gasteiger partial charge in [-0.1, -0.05) is 36.4 Å². The van der Waals surface area contributed by atoms with Crippen molar-refractivity contribution in [3.63, 3.8) is 0 Å².